The zero-order valence-corrected chi connectivity index (χ0v) is 9.60. The van der Waals surface area contributed by atoms with Crippen LogP contribution in [0.4, 0.5) is 0 Å². The maximum absolute atomic E-state index is 11.9. The fourth-order valence-corrected chi connectivity index (χ4v) is 1.93. The number of rotatable bonds is 6. The molecule has 0 saturated carbocycles. The third-order valence-corrected chi connectivity index (χ3v) is 2.90. The van der Waals surface area contributed by atoms with Gasteiger partial charge in [-0.1, -0.05) is 0 Å². The van der Waals surface area contributed by atoms with Crippen molar-refractivity contribution in [1.29, 1.82) is 0 Å². The van der Waals surface area contributed by atoms with E-state index in [1.165, 1.54) is 4.90 Å². The summed E-state index contributed by atoms with van der Waals surface area (Å²) in [6.45, 7) is 1.97. The van der Waals surface area contributed by atoms with E-state index in [0.717, 1.165) is 26.1 Å². The Morgan fingerprint density at radius 2 is 1.75 bits per heavy atom. The van der Waals surface area contributed by atoms with E-state index in [0.29, 0.717) is 25.4 Å². The zero-order valence-electron chi connectivity index (χ0n) is 9.60. The number of aliphatic hydroxyl groups is 2. The first-order valence-corrected chi connectivity index (χ1v) is 5.85. The van der Waals surface area contributed by atoms with Gasteiger partial charge in [-0.2, -0.15) is 0 Å². The molecule has 0 atom stereocenters. The molecular formula is C11H21NO4. The van der Waals surface area contributed by atoms with Crippen LogP contribution in [-0.4, -0.2) is 60.5 Å². The molecule has 1 aliphatic rings. The predicted octanol–water partition coefficient (Wildman–Crippen LogP) is -0.384. The smallest absolute Gasteiger partial charge is 0.223 e. The van der Waals surface area contributed by atoms with Gasteiger partial charge in [-0.25, -0.2) is 0 Å². The molecule has 94 valence electrons. The molecule has 0 bridgehead atoms. The van der Waals surface area contributed by atoms with E-state index in [-0.39, 0.29) is 19.1 Å². The van der Waals surface area contributed by atoms with Crippen molar-refractivity contribution in [2.24, 2.45) is 5.92 Å². The lowest BCUT2D eigenvalue weighted by Gasteiger charge is -2.26. The van der Waals surface area contributed by atoms with Crippen molar-refractivity contribution >= 4 is 5.91 Å². The van der Waals surface area contributed by atoms with Crippen LogP contribution in [-0.2, 0) is 9.53 Å². The standard InChI is InChI=1S/C11H21NO4/c13-5-3-12(4-6-14)11(15)9-10-1-7-16-8-2-10/h10,13-14H,1-9H2. The minimum Gasteiger partial charge on any atom is -0.395 e. The molecular weight excluding hydrogens is 210 g/mol. The number of aliphatic hydroxyl groups excluding tert-OH is 2. The monoisotopic (exact) mass is 231 g/mol. The summed E-state index contributed by atoms with van der Waals surface area (Å²) >= 11 is 0. The van der Waals surface area contributed by atoms with Gasteiger partial charge in [0.1, 0.15) is 0 Å². The van der Waals surface area contributed by atoms with E-state index < -0.39 is 0 Å². The molecule has 0 unspecified atom stereocenters. The van der Waals surface area contributed by atoms with Crippen LogP contribution in [0.5, 0.6) is 0 Å². The summed E-state index contributed by atoms with van der Waals surface area (Å²) in [7, 11) is 0. The Hall–Kier alpha value is -0.650. The summed E-state index contributed by atoms with van der Waals surface area (Å²) in [5.41, 5.74) is 0. The third kappa shape index (κ3) is 4.47. The lowest BCUT2D eigenvalue weighted by Crippen LogP contribution is -2.37. The van der Waals surface area contributed by atoms with Crippen LogP contribution in [0.25, 0.3) is 0 Å². The second-order valence-electron chi connectivity index (χ2n) is 4.09. The Labute approximate surface area is 96.0 Å². The Morgan fingerprint density at radius 3 is 2.25 bits per heavy atom. The first kappa shape index (κ1) is 13.4. The Bertz CT molecular complexity index is 198. The summed E-state index contributed by atoms with van der Waals surface area (Å²) in [5.74, 6) is 0.413. The van der Waals surface area contributed by atoms with Crippen molar-refractivity contribution in [3.63, 3.8) is 0 Å². The highest BCUT2D eigenvalue weighted by atomic mass is 16.5. The van der Waals surface area contributed by atoms with Gasteiger partial charge >= 0.3 is 0 Å². The zero-order chi connectivity index (χ0) is 11.8. The van der Waals surface area contributed by atoms with Crippen molar-refractivity contribution < 1.29 is 19.7 Å². The van der Waals surface area contributed by atoms with Gasteiger partial charge in [-0.15, -0.1) is 0 Å². The van der Waals surface area contributed by atoms with E-state index >= 15 is 0 Å². The highest BCUT2D eigenvalue weighted by molar-refractivity contribution is 5.76. The largest absolute Gasteiger partial charge is 0.395 e. The van der Waals surface area contributed by atoms with Gasteiger partial charge < -0.3 is 19.8 Å². The molecule has 1 rings (SSSR count). The van der Waals surface area contributed by atoms with Gasteiger partial charge in [-0.05, 0) is 18.8 Å². The highest BCUT2D eigenvalue weighted by Crippen LogP contribution is 2.19. The summed E-state index contributed by atoms with van der Waals surface area (Å²) < 4.78 is 5.23. The van der Waals surface area contributed by atoms with Crippen LogP contribution in [0.3, 0.4) is 0 Å². The molecule has 1 saturated heterocycles. The van der Waals surface area contributed by atoms with Gasteiger partial charge in [-0.3, -0.25) is 4.79 Å². The first-order valence-electron chi connectivity index (χ1n) is 5.85. The number of ether oxygens (including phenoxy) is 1. The Morgan fingerprint density at radius 1 is 1.19 bits per heavy atom. The third-order valence-electron chi connectivity index (χ3n) is 2.90. The molecule has 1 fully saturated rings. The van der Waals surface area contributed by atoms with Crippen LogP contribution in [0.15, 0.2) is 0 Å². The van der Waals surface area contributed by atoms with E-state index in [4.69, 9.17) is 14.9 Å². The van der Waals surface area contributed by atoms with Gasteiger partial charge in [0, 0.05) is 32.7 Å². The second kappa shape index (κ2) is 7.60. The average molecular weight is 231 g/mol. The summed E-state index contributed by atoms with van der Waals surface area (Å²) in [4.78, 5) is 13.4. The maximum Gasteiger partial charge on any atom is 0.223 e. The average Bonchev–Trinajstić information content (AvgIpc) is 2.30. The fourth-order valence-electron chi connectivity index (χ4n) is 1.93. The van der Waals surface area contributed by atoms with Gasteiger partial charge in [0.2, 0.25) is 5.91 Å². The molecule has 16 heavy (non-hydrogen) atoms. The van der Waals surface area contributed by atoms with Crippen LogP contribution < -0.4 is 0 Å². The first-order chi connectivity index (χ1) is 7.77. The highest BCUT2D eigenvalue weighted by Gasteiger charge is 2.20. The molecule has 0 aromatic carbocycles. The molecule has 0 aromatic heterocycles. The topological polar surface area (TPSA) is 70.0 Å². The lowest BCUT2D eigenvalue weighted by atomic mass is 9.96. The molecule has 5 nitrogen and oxygen atoms in total. The molecule has 0 radical (unpaired) electrons. The SMILES string of the molecule is O=C(CC1CCOCC1)N(CCO)CCO. The van der Waals surface area contributed by atoms with Gasteiger partial charge in [0.05, 0.1) is 13.2 Å². The van der Waals surface area contributed by atoms with Crippen LogP contribution in [0, 0.1) is 5.92 Å². The van der Waals surface area contributed by atoms with Crippen LogP contribution >= 0.6 is 0 Å². The molecule has 1 heterocycles. The fraction of sp³-hybridized carbons (Fsp3) is 0.909. The van der Waals surface area contributed by atoms with Crippen molar-refractivity contribution in [1.82, 2.24) is 4.90 Å². The molecule has 0 aliphatic carbocycles. The predicted molar refractivity (Wildman–Crippen MR) is 58.9 cm³/mol. The molecule has 2 N–H and O–H groups in total. The van der Waals surface area contributed by atoms with Crippen LogP contribution in [0.1, 0.15) is 19.3 Å². The minimum atomic E-state index is -0.0560. The van der Waals surface area contributed by atoms with Crippen molar-refractivity contribution in [2.75, 3.05) is 39.5 Å². The molecule has 1 aliphatic heterocycles. The number of hydrogen-bond donors (Lipinski definition) is 2. The van der Waals surface area contributed by atoms with Crippen molar-refractivity contribution in [3.05, 3.63) is 0 Å². The molecule has 0 aromatic rings. The summed E-state index contributed by atoms with van der Waals surface area (Å²) in [6.07, 6.45) is 2.36. The summed E-state index contributed by atoms with van der Waals surface area (Å²) in [6, 6.07) is 0. The second-order valence-corrected chi connectivity index (χ2v) is 4.09. The maximum atomic E-state index is 11.9. The van der Waals surface area contributed by atoms with Crippen molar-refractivity contribution in [2.45, 2.75) is 19.3 Å². The number of carbonyl (C=O) groups is 1. The van der Waals surface area contributed by atoms with E-state index in [1.54, 1.807) is 0 Å². The van der Waals surface area contributed by atoms with E-state index in [1.807, 2.05) is 0 Å². The van der Waals surface area contributed by atoms with Crippen LogP contribution in [0.2, 0.25) is 0 Å². The quantitative estimate of drug-likeness (QED) is 0.653. The molecule has 1 amide bonds. The van der Waals surface area contributed by atoms with E-state index in [2.05, 4.69) is 0 Å². The van der Waals surface area contributed by atoms with E-state index in [9.17, 15) is 4.79 Å². The van der Waals surface area contributed by atoms with Crippen molar-refractivity contribution in [3.8, 4) is 0 Å². The Kier molecular flexibility index (Phi) is 6.37. The normalized spacial score (nSPS) is 17.4. The minimum absolute atomic E-state index is 0.0231. The van der Waals surface area contributed by atoms with Gasteiger partial charge in [0.25, 0.3) is 0 Å². The van der Waals surface area contributed by atoms with Gasteiger partial charge in [0.15, 0.2) is 0 Å². The summed E-state index contributed by atoms with van der Waals surface area (Å²) in [5, 5.41) is 17.6. The Balaban J connectivity index is 2.34. The number of nitrogens with zero attached hydrogens (tertiary/aromatic N) is 1. The number of hydrogen-bond acceptors (Lipinski definition) is 4. The molecule has 0 spiro atoms. The number of carbonyl (C=O) groups excluding carboxylic acids is 1. The lowest BCUT2D eigenvalue weighted by molar-refractivity contribution is -0.133. The molecule has 5 heteroatoms. The number of amides is 1.